The van der Waals surface area contributed by atoms with E-state index in [0.717, 1.165) is 11.8 Å². The lowest BCUT2D eigenvalue weighted by Gasteiger charge is -2.39. The minimum absolute atomic E-state index is 0.261. The number of carbonyl (C=O) groups is 2. The van der Waals surface area contributed by atoms with Gasteiger partial charge in [0.15, 0.2) is 6.10 Å². The summed E-state index contributed by atoms with van der Waals surface area (Å²) in [5.41, 5.74) is 0.711. The number of esters is 1. The van der Waals surface area contributed by atoms with Gasteiger partial charge in [-0.2, -0.15) is 0 Å². The van der Waals surface area contributed by atoms with Crippen LogP contribution >= 0.6 is 46.6 Å². The molecule has 0 aromatic heterocycles. The van der Waals surface area contributed by atoms with Gasteiger partial charge in [0, 0.05) is 23.9 Å². The summed E-state index contributed by atoms with van der Waals surface area (Å²) in [6.07, 6.45) is -1.29. The molecule has 28 heavy (non-hydrogen) atoms. The van der Waals surface area contributed by atoms with Crippen molar-refractivity contribution in [2.75, 3.05) is 18.6 Å². The predicted molar refractivity (Wildman–Crippen MR) is 118 cm³/mol. The predicted octanol–water partition coefficient (Wildman–Crippen LogP) is 5.25. The molecular weight excluding hydrogens is 445 g/mol. The molecule has 0 saturated heterocycles. The van der Waals surface area contributed by atoms with Crippen LogP contribution in [-0.2, 0) is 14.3 Å². The van der Waals surface area contributed by atoms with E-state index in [1.165, 1.54) is 6.92 Å². The van der Waals surface area contributed by atoms with Crippen molar-refractivity contribution in [3.63, 3.8) is 0 Å². The number of rotatable bonds is 7. The first-order valence-electron chi connectivity index (χ1n) is 8.67. The average molecular weight is 471 g/mol. The highest BCUT2D eigenvalue weighted by molar-refractivity contribution is 8.14. The average Bonchev–Trinajstić information content (AvgIpc) is 2.55. The van der Waals surface area contributed by atoms with Crippen molar-refractivity contribution in [3.8, 4) is 5.75 Å². The number of benzene rings is 1. The maximum absolute atomic E-state index is 13.3. The molecule has 9 heteroatoms. The third-order valence-corrected chi connectivity index (χ3v) is 5.33. The van der Waals surface area contributed by atoms with E-state index in [2.05, 4.69) is 0 Å². The second-order valence-corrected chi connectivity index (χ2v) is 11.2. The first kappa shape index (κ1) is 25.2. The SMILES string of the molecule is CCN(c1ccc(OC)cc1)C(C(=O)SC(C)(C)C)C(OC(C)=O)C(Cl)(Cl)Cl. The van der Waals surface area contributed by atoms with Gasteiger partial charge in [0.25, 0.3) is 0 Å². The molecule has 0 saturated carbocycles. The first-order chi connectivity index (χ1) is 12.8. The van der Waals surface area contributed by atoms with E-state index in [1.807, 2.05) is 27.7 Å². The number of alkyl halides is 3. The molecule has 0 fully saturated rings. The largest absolute Gasteiger partial charge is 0.497 e. The van der Waals surface area contributed by atoms with Crippen molar-refractivity contribution in [2.24, 2.45) is 0 Å². The fraction of sp³-hybridized carbons (Fsp3) is 0.579. The monoisotopic (exact) mass is 469 g/mol. The van der Waals surface area contributed by atoms with Gasteiger partial charge in [-0.05, 0) is 31.2 Å². The number of hydrogen-bond acceptors (Lipinski definition) is 6. The number of nitrogens with zero attached hydrogens (tertiary/aromatic N) is 1. The van der Waals surface area contributed by atoms with Crippen LogP contribution in [0, 0.1) is 0 Å². The normalized spacial score (nSPS) is 14.2. The molecule has 1 aromatic rings. The molecule has 0 spiro atoms. The van der Waals surface area contributed by atoms with Crippen LogP contribution in [0.1, 0.15) is 34.6 Å². The zero-order valence-corrected chi connectivity index (χ0v) is 19.9. The number of anilines is 1. The van der Waals surface area contributed by atoms with Crippen LogP contribution in [0.4, 0.5) is 5.69 Å². The highest BCUT2D eigenvalue weighted by atomic mass is 35.6. The third-order valence-electron chi connectivity index (χ3n) is 3.63. The van der Waals surface area contributed by atoms with E-state index in [0.29, 0.717) is 18.0 Å². The second kappa shape index (κ2) is 10.3. The van der Waals surface area contributed by atoms with Crippen LogP contribution in [-0.4, -0.2) is 45.4 Å². The van der Waals surface area contributed by atoms with Crippen molar-refractivity contribution < 1.29 is 19.1 Å². The lowest BCUT2D eigenvalue weighted by Crippen LogP contribution is -2.55. The zero-order chi connectivity index (χ0) is 21.7. The Kier molecular flexibility index (Phi) is 9.26. The quantitative estimate of drug-likeness (QED) is 0.401. The van der Waals surface area contributed by atoms with Crippen molar-refractivity contribution in [2.45, 2.75) is 55.3 Å². The van der Waals surface area contributed by atoms with E-state index in [1.54, 1.807) is 36.3 Å². The zero-order valence-electron chi connectivity index (χ0n) is 16.8. The number of carbonyl (C=O) groups excluding carboxylic acids is 2. The lowest BCUT2D eigenvalue weighted by molar-refractivity contribution is -0.147. The summed E-state index contributed by atoms with van der Waals surface area (Å²) in [6, 6.07) is 6.14. The summed E-state index contributed by atoms with van der Waals surface area (Å²) in [7, 11) is 1.57. The minimum atomic E-state index is -2.00. The van der Waals surface area contributed by atoms with E-state index >= 15 is 0 Å². The summed E-state index contributed by atoms with van der Waals surface area (Å²) in [5, 5.41) is -0.261. The third kappa shape index (κ3) is 7.54. The van der Waals surface area contributed by atoms with Crippen molar-refractivity contribution in [1.82, 2.24) is 0 Å². The molecule has 0 aliphatic heterocycles. The maximum Gasteiger partial charge on any atom is 0.303 e. The Labute approximate surface area is 186 Å². The molecule has 1 aromatic carbocycles. The Morgan fingerprint density at radius 2 is 1.68 bits per heavy atom. The van der Waals surface area contributed by atoms with Gasteiger partial charge in [0.2, 0.25) is 8.91 Å². The highest BCUT2D eigenvalue weighted by Gasteiger charge is 2.48. The lowest BCUT2D eigenvalue weighted by atomic mass is 10.1. The van der Waals surface area contributed by atoms with Gasteiger partial charge in [-0.1, -0.05) is 67.3 Å². The number of hydrogen-bond donors (Lipinski definition) is 0. The van der Waals surface area contributed by atoms with E-state index in [9.17, 15) is 9.59 Å². The molecular formula is C19H26Cl3NO4S. The number of halogens is 3. The van der Waals surface area contributed by atoms with E-state index in [-0.39, 0.29) is 9.86 Å². The van der Waals surface area contributed by atoms with Crippen LogP contribution in [0.5, 0.6) is 5.75 Å². The molecule has 0 bridgehead atoms. The van der Waals surface area contributed by atoms with Crippen LogP contribution in [0.3, 0.4) is 0 Å². The van der Waals surface area contributed by atoms with Gasteiger partial charge in [-0.25, -0.2) is 0 Å². The van der Waals surface area contributed by atoms with Crippen molar-refractivity contribution in [3.05, 3.63) is 24.3 Å². The topological polar surface area (TPSA) is 55.8 Å². The van der Waals surface area contributed by atoms with Crippen LogP contribution in [0.25, 0.3) is 0 Å². The molecule has 2 atom stereocenters. The van der Waals surface area contributed by atoms with E-state index in [4.69, 9.17) is 44.3 Å². The van der Waals surface area contributed by atoms with E-state index < -0.39 is 21.9 Å². The Hall–Kier alpha value is -0.820. The number of thioether (sulfide) groups is 1. The summed E-state index contributed by atoms with van der Waals surface area (Å²) in [4.78, 5) is 26.7. The molecule has 0 radical (unpaired) electrons. The Morgan fingerprint density at radius 3 is 2.04 bits per heavy atom. The van der Waals surface area contributed by atoms with Crippen LogP contribution < -0.4 is 9.64 Å². The standard InChI is InChI=1S/C19H26Cl3NO4S/c1-7-23(13-8-10-14(26-6)11-9-13)15(17(25)28-18(3,4)5)16(19(20,21)22)27-12(2)24/h8-11,15-16H,7H2,1-6H3. The molecule has 0 amide bonds. The van der Waals surface area contributed by atoms with Crippen molar-refractivity contribution >= 4 is 63.3 Å². The summed E-state index contributed by atoms with van der Waals surface area (Å²) >= 11 is 19.5. The molecule has 0 aliphatic rings. The number of ether oxygens (including phenoxy) is 2. The first-order valence-corrected chi connectivity index (χ1v) is 10.6. The van der Waals surface area contributed by atoms with Gasteiger partial charge >= 0.3 is 5.97 Å². The Bertz CT molecular complexity index is 671. The minimum Gasteiger partial charge on any atom is -0.497 e. The molecule has 158 valence electrons. The van der Waals surface area contributed by atoms with Crippen LogP contribution in [0.15, 0.2) is 24.3 Å². The molecule has 2 unspecified atom stereocenters. The fourth-order valence-electron chi connectivity index (χ4n) is 2.58. The second-order valence-electron chi connectivity index (χ2n) is 7.03. The highest BCUT2D eigenvalue weighted by Crippen LogP contribution is 2.40. The molecule has 1 rings (SSSR count). The van der Waals surface area contributed by atoms with Gasteiger partial charge in [0.1, 0.15) is 11.8 Å². The van der Waals surface area contributed by atoms with Gasteiger partial charge in [-0.3, -0.25) is 9.59 Å². The fourth-order valence-corrected chi connectivity index (χ4v) is 4.05. The molecule has 5 nitrogen and oxygen atoms in total. The smallest absolute Gasteiger partial charge is 0.303 e. The van der Waals surface area contributed by atoms with Crippen molar-refractivity contribution in [1.29, 1.82) is 0 Å². The number of methoxy groups -OCH3 is 1. The molecule has 0 aliphatic carbocycles. The summed E-state index contributed by atoms with van der Waals surface area (Å²) in [6.45, 7) is 9.23. The number of likely N-dealkylation sites (N-methyl/N-ethyl adjacent to an activating group) is 1. The van der Waals surface area contributed by atoms with Gasteiger partial charge in [0.05, 0.1) is 7.11 Å². The molecule has 0 heterocycles. The van der Waals surface area contributed by atoms with Crippen LogP contribution in [0.2, 0.25) is 0 Å². The Balaban J connectivity index is 3.47. The maximum atomic E-state index is 13.3. The summed E-state index contributed by atoms with van der Waals surface area (Å²) in [5.74, 6) is 0.0327. The van der Waals surface area contributed by atoms with Gasteiger partial charge < -0.3 is 14.4 Å². The summed E-state index contributed by atoms with van der Waals surface area (Å²) < 4.78 is 8.15. The van der Waals surface area contributed by atoms with Gasteiger partial charge in [-0.15, -0.1) is 0 Å². The molecule has 0 N–H and O–H groups in total. The Morgan fingerprint density at radius 1 is 1.14 bits per heavy atom.